The van der Waals surface area contributed by atoms with Crippen LogP contribution in [-0.4, -0.2) is 21.2 Å². The molecule has 0 radical (unpaired) electrons. The Morgan fingerprint density at radius 1 is 1.04 bits per heavy atom. The standard InChI is InChI=1S/C19H25N3O2/c1-18(2,3)13-19(4,5)20-17(24)15-11-12-16(23)22(21-15)14-9-7-6-8-10-14/h6-12H,13H2,1-5H3,(H,20,24). The first-order valence-corrected chi connectivity index (χ1v) is 8.06. The summed E-state index contributed by atoms with van der Waals surface area (Å²) in [5.41, 5.74) is 0.302. The Hall–Kier alpha value is -2.43. The van der Waals surface area contributed by atoms with Crippen molar-refractivity contribution in [2.45, 2.75) is 46.6 Å². The van der Waals surface area contributed by atoms with E-state index in [4.69, 9.17) is 0 Å². The topological polar surface area (TPSA) is 64.0 Å². The lowest BCUT2D eigenvalue weighted by Gasteiger charge is -2.33. The molecule has 0 spiro atoms. The molecule has 1 aromatic carbocycles. The molecule has 1 N–H and O–H groups in total. The van der Waals surface area contributed by atoms with Crippen molar-refractivity contribution < 1.29 is 4.79 Å². The van der Waals surface area contributed by atoms with Crippen LogP contribution in [0, 0.1) is 5.41 Å². The van der Waals surface area contributed by atoms with E-state index in [1.54, 1.807) is 12.1 Å². The van der Waals surface area contributed by atoms with Crippen molar-refractivity contribution in [1.29, 1.82) is 0 Å². The van der Waals surface area contributed by atoms with Gasteiger partial charge in [0.25, 0.3) is 11.5 Å². The summed E-state index contributed by atoms with van der Waals surface area (Å²) in [5, 5.41) is 7.23. The number of benzene rings is 1. The Morgan fingerprint density at radius 3 is 2.25 bits per heavy atom. The molecule has 0 saturated carbocycles. The van der Waals surface area contributed by atoms with Gasteiger partial charge in [0.2, 0.25) is 0 Å². The zero-order valence-electron chi connectivity index (χ0n) is 15.0. The number of carbonyl (C=O) groups is 1. The molecule has 128 valence electrons. The van der Waals surface area contributed by atoms with Gasteiger partial charge in [0.1, 0.15) is 5.69 Å². The molecule has 2 aromatic rings. The fourth-order valence-corrected chi connectivity index (χ4v) is 3.03. The van der Waals surface area contributed by atoms with Crippen molar-refractivity contribution in [3.63, 3.8) is 0 Å². The summed E-state index contributed by atoms with van der Waals surface area (Å²) in [5.74, 6) is -0.283. The molecule has 5 nitrogen and oxygen atoms in total. The lowest BCUT2D eigenvalue weighted by Crippen LogP contribution is -2.46. The molecule has 24 heavy (non-hydrogen) atoms. The third kappa shape index (κ3) is 4.78. The Balaban J connectivity index is 2.27. The average Bonchev–Trinajstić information content (AvgIpc) is 2.45. The molecule has 1 aromatic heterocycles. The molecule has 0 aliphatic carbocycles. The number of carbonyl (C=O) groups excluding carboxylic acids is 1. The molecule has 5 heteroatoms. The maximum atomic E-state index is 12.6. The second-order valence-electron chi connectivity index (χ2n) is 7.88. The van der Waals surface area contributed by atoms with Gasteiger partial charge in [-0.1, -0.05) is 39.0 Å². The first-order valence-electron chi connectivity index (χ1n) is 8.06. The van der Waals surface area contributed by atoms with E-state index in [2.05, 4.69) is 31.2 Å². The molecule has 0 atom stereocenters. The molecule has 0 fully saturated rings. The molecular weight excluding hydrogens is 302 g/mol. The molecule has 1 amide bonds. The lowest BCUT2D eigenvalue weighted by molar-refractivity contribution is 0.0884. The van der Waals surface area contributed by atoms with E-state index in [1.165, 1.54) is 16.8 Å². The van der Waals surface area contributed by atoms with Crippen LogP contribution in [-0.2, 0) is 0 Å². The average molecular weight is 327 g/mol. The van der Waals surface area contributed by atoms with E-state index >= 15 is 0 Å². The smallest absolute Gasteiger partial charge is 0.272 e. The number of rotatable bonds is 4. The lowest BCUT2D eigenvalue weighted by atomic mass is 9.82. The summed E-state index contributed by atoms with van der Waals surface area (Å²) in [6.45, 7) is 10.4. The summed E-state index contributed by atoms with van der Waals surface area (Å²) in [6.07, 6.45) is 0.823. The quantitative estimate of drug-likeness (QED) is 0.938. The van der Waals surface area contributed by atoms with Crippen LogP contribution < -0.4 is 10.9 Å². The van der Waals surface area contributed by atoms with Crippen LogP contribution in [0.15, 0.2) is 47.3 Å². The molecular formula is C19H25N3O2. The van der Waals surface area contributed by atoms with Crippen LogP contribution in [0.2, 0.25) is 0 Å². The van der Waals surface area contributed by atoms with E-state index in [1.807, 2.05) is 32.0 Å². The third-order valence-electron chi connectivity index (χ3n) is 3.46. The molecule has 0 saturated heterocycles. The number of hydrogen-bond acceptors (Lipinski definition) is 3. The van der Waals surface area contributed by atoms with Crippen LogP contribution in [0.5, 0.6) is 0 Å². The Morgan fingerprint density at radius 2 is 1.67 bits per heavy atom. The van der Waals surface area contributed by atoms with Gasteiger partial charge in [0.05, 0.1) is 5.69 Å². The van der Waals surface area contributed by atoms with E-state index in [-0.39, 0.29) is 28.1 Å². The van der Waals surface area contributed by atoms with Crippen molar-refractivity contribution in [3.05, 3.63) is 58.5 Å². The highest BCUT2D eigenvalue weighted by Gasteiger charge is 2.28. The van der Waals surface area contributed by atoms with Gasteiger partial charge in [0.15, 0.2) is 0 Å². The zero-order valence-corrected chi connectivity index (χ0v) is 15.0. The predicted molar refractivity (Wildman–Crippen MR) is 95.5 cm³/mol. The predicted octanol–water partition coefficient (Wildman–Crippen LogP) is 3.18. The minimum Gasteiger partial charge on any atom is -0.346 e. The van der Waals surface area contributed by atoms with E-state index < -0.39 is 0 Å². The Kier molecular flexibility index (Phi) is 4.92. The minimum atomic E-state index is -0.370. The molecule has 0 aliphatic rings. The van der Waals surface area contributed by atoms with E-state index in [9.17, 15) is 9.59 Å². The maximum absolute atomic E-state index is 12.6. The van der Waals surface area contributed by atoms with Crippen LogP contribution in [0.4, 0.5) is 0 Å². The van der Waals surface area contributed by atoms with Crippen molar-refractivity contribution >= 4 is 5.91 Å². The number of nitrogens with zero attached hydrogens (tertiary/aromatic N) is 2. The largest absolute Gasteiger partial charge is 0.346 e. The van der Waals surface area contributed by atoms with Gasteiger partial charge in [-0.2, -0.15) is 9.78 Å². The van der Waals surface area contributed by atoms with Crippen LogP contribution in [0.25, 0.3) is 5.69 Å². The second-order valence-corrected chi connectivity index (χ2v) is 7.88. The summed E-state index contributed by atoms with van der Waals surface area (Å²) in [4.78, 5) is 24.6. The SMILES string of the molecule is CC(C)(C)CC(C)(C)NC(=O)c1ccc(=O)n(-c2ccccc2)n1. The fourth-order valence-electron chi connectivity index (χ4n) is 3.03. The van der Waals surface area contributed by atoms with Crippen molar-refractivity contribution in [2.75, 3.05) is 0 Å². The number of amides is 1. The monoisotopic (exact) mass is 327 g/mol. The van der Waals surface area contributed by atoms with Gasteiger partial charge >= 0.3 is 0 Å². The van der Waals surface area contributed by atoms with Gasteiger partial charge in [0, 0.05) is 11.6 Å². The van der Waals surface area contributed by atoms with Gasteiger partial charge in [-0.25, -0.2) is 0 Å². The minimum absolute atomic E-state index is 0.0903. The molecule has 0 unspecified atom stereocenters. The number of hydrogen-bond donors (Lipinski definition) is 1. The Bertz CT molecular complexity index is 771. The van der Waals surface area contributed by atoms with E-state index in [0.717, 1.165) is 6.42 Å². The molecule has 1 heterocycles. The van der Waals surface area contributed by atoms with Crippen molar-refractivity contribution in [2.24, 2.45) is 5.41 Å². The zero-order chi connectivity index (χ0) is 18.0. The Labute approximate surface area is 142 Å². The highest BCUT2D eigenvalue weighted by Crippen LogP contribution is 2.26. The van der Waals surface area contributed by atoms with Gasteiger partial charge in [-0.15, -0.1) is 0 Å². The van der Waals surface area contributed by atoms with Crippen molar-refractivity contribution in [3.8, 4) is 5.69 Å². The van der Waals surface area contributed by atoms with Gasteiger partial charge in [-0.05, 0) is 43.9 Å². The van der Waals surface area contributed by atoms with Gasteiger partial charge in [-0.3, -0.25) is 9.59 Å². The number of nitrogens with one attached hydrogen (secondary N) is 1. The molecule has 0 aliphatic heterocycles. The normalized spacial score (nSPS) is 12.0. The summed E-state index contributed by atoms with van der Waals surface area (Å²) in [6, 6.07) is 11.9. The van der Waals surface area contributed by atoms with E-state index in [0.29, 0.717) is 5.69 Å². The first-order chi connectivity index (χ1) is 11.1. The third-order valence-corrected chi connectivity index (χ3v) is 3.46. The maximum Gasteiger partial charge on any atom is 0.272 e. The highest BCUT2D eigenvalue weighted by molar-refractivity contribution is 5.92. The second kappa shape index (κ2) is 6.59. The fraction of sp³-hybridized carbons (Fsp3) is 0.421. The summed E-state index contributed by atoms with van der Waals surface area (Å²) >= 11 is 0. The van der Waals surface area contributed by atoms with Crippen LogP contribution in [0.1, 0.15) is 51.5 Å². The number of aromatic nitrogens is 2. The summed E-state index contributed by atoms with van der Waals surface area (Å²) in [7, 11) is 0. The van der Waals surface area contributed by atoms with Crippen LogP contribution >= 0.6 is 0 Å². The number of para-hydroxylation sites is 1. The highest BCUT2D eigenvalue weighted by atomic mass is 16.2. The van der Waals surface area contributed by atoms with Crippen molar-refractivity contribution in [1.82, 2.24) is 15.1 Å². The first kappa shape index (κ1) is 17.9. The molecule has 2 rings (SSSR count). The van der Waals surface area contributed by atoms with Gasteiger partial charge < -0.3 is 5.32 Å². The van der Waals surface area contributed by atoms with Crippen LogP contribution in [0.3, 0.4) is 0 Å². The molecule has 0 bridgehead atoms. The summed E-state index contributed by atoms with van der Waals surface area (Å²) < 4.78 is 1.24.